The molecule has 4 saturated heterocycles. The minimum absolute atomic E-state index is 0.0229. The van der Waals surface area contributed by atoms with Crippen LogP contribution in [-0.4, -0.2) is 113 Å². The third kappa shape index (κ3) is 6.00. The molecule has 8 unspecified atom stereocenters. The Morgan fingerprint density at radius 2 is 1.11 bits per heavy atom. The van der Waals surface area contributed by atoms with Crippen molar-refractivity contribution >= 4 is 5.78 Å². The molecule has 0 amide bonds. The number of rotatable bonds is 3. The summed E-state index contributed by atoms with van der Waals surface area (Å²) in [4.78, 5) is 21.3. The molecule has 7 heteroatoms. The van der Waals surface area contributed by atoms with Gasteiger partial charge in [0.1, 0.15) is 0 Å². The maximum absolute atomic E-state index is 13.5. The van der Waals surface area contributed by atoms with Crippen molar-refractivity contribution in [3.05, 3.63) is 0 Å². The van der Waals surface area contributed by atoms with Crippen LogP contribution in [-0.2, 0) is 9.53 Å². The summed E-state index contributed by atoms with van der Waals surface area (Å²) < 4.78 is 5.96. The van der Waals surface area contributed by atoms with Crippen LogP contribution >= 0.6 is 0 Å². The van der Waals surface area contributed by atoms with Gasteiger partial charge >= 0.3 is 0 Å². The Hall–Kier alpha value is -0.570. The van der Waals surface area contributed by atoms with Crippen LogP contribution in [0.25, 0.3) is 0 Å². The first-order valence-corrected chi connectivity index (χ1v) is 25.2. The summed E-state index contributed by atoms with van der Waals surface area (Å²) >= 11 is 0. The van der Waals surface area contributed by atoms with Gasteiger partial charge in [0.2, 0.25) is 0 Å². The van der Waals surface area contributed by atoms with Gasteiger partial charge in [-0.05, 0) is 231 Å². The van der Waals surface area contributed by atoms with Crippen LogP contribution in [0, 0.1) is 69.0 Å². The number of nitrogens with zero attached hydrogens (tertiary/aromatic N) is 3. The first kappa shape index (κ1) is 39.3. The van der Waals surface area contributed by atoms with Crippen molar-refractivity contribution in [2.24, 2.45) is 69.0 Å². The van der Waals surface area contributed by atoms with Crippen molar-refractivity contribution in [2.45, 2.75) is 199 Å². The molecule has 2 N–H and O–H groups in total. The number of hydrogen-bond donors (Lipinski definition) is 2. The normalized spacial score (nSPS) is 57.1. The van der Waals surface area contributed by atoms with Gasteiger partial charge < -0.3 is 14.9 Å². The second-order valence-corrected chi connectivity index (χ2v) is 24.1. The van der Waals surface area contributed by atoms with Gasteiger partial charge in [0.25, 0.3) is 0 Å². The van der Waals surface area contributed by atoms with Crippen molar-refractivity contribution < 1.29 is 19.7 Å². The molecule has 0 bridgehead atoms. The largest absolute Gasteiger partial charge is 0.391 e. The summed E-state index contributed by atoms with van der Waals surface area (Å²) in [6.45, 7) is 17.1. The molecular weight excluding hydrogens is 707 g/mol. The maximum atomic E-state index is 13.5. The van der Waals surface area contributed by atoms with Crippen molar-refractivity contribution in [3.63, 3.8) is 0 Å². The average molecular weight is 788 g/mol. The highest BCUT2D eigenvalue weighted by Gasteiger charge is 2.66. The van der Waals surface area contributed by atoms with Crippen molar-refractivity contribution in [2.75, 3.05) is 39.3 Å². The number of ketones is 1. The molecule has 0 radical (unpaired) electrons. The number of Topliss-reactive ketones (excluding diaryl/α,β-unsaturated/α-hetero) is 1. The third-order valence-corrected chi connectivity index (χ3v) is 22.1. The standard InChI is InChI=1S/C27H46N2O2.C23H35NO2/c1-26-10-9-20-19(21(26)16-22(25(26)31)28-11-3-4-12-28)8-7-18-15-24(30)23(17-27(18,20)2)29-13-5-6-14-29;1-22-8-7-16-15(6-5-14-11-19-20(26-19)13-23(14,16)2)17(22)12-18(21(22)25)24-9-3-4-10-24/h18-25,30-31H,3-17H2,1-2H3;14-20H,3-13H2,1-2H3/t18?,19?,20?,21?,22-,23-,24-,25-,26-,27-;14?,15?,16?,17?,18-,19+,20-,22+,23+/m01/s1. The number of fused-ring (bicyclic) bond motifs is 11. The molecule has 19 atom stereocenters. The van der Waals surface area contributed by atoms with Crippen LogP contribution in [0.4, 0.5) is 0 Å². The van der Waals surface area contributed by atoms with E-state index < -0.39 is 0 Å². The van der Waals surface area contributed by atoms with Crippen LogP contribution in [0.1, 0.15) is 156 Å². The van der Waals surface area contributed by atoms with E-state index in [-0.39, 0.29) is 29.1 Å². The van der Waals surface area contributed by atoms with Gasteiger partial charge in [-0.25, -0.2) is 0 Å². The van der Waals surface area contributed by atoms with E-state index in [4.69, 9.17) is 4.74 Å². The molecule has 0 spiro atoms. The number of ether oxygens (including phenoxy) is 1. The maximum Gasteiger partial charge on any atom is 0.156 e. The molecule has 4 heterocycles. The minimum Gasteiger partial charge on any atom is -0.391 e. The lowest BCUT2D eigenvalue weighted by Gasteiger charge is -2.62. The molecule has 0 aromatic carbocycles. The predicted octanol–water partition coefficient (Wildman–Crippen LogP) is 7.95. The molecule has 12 fully saturated rings. The van der Waals surface area contributed by atoms with Crippen molar-refractivity contribution in [3.8, 4) is 0 Å². The van der Waals surface area contributed by atoms with Gasteiger partial charge in [-0.3, -0.25) is 19.5 Å². The Balaban J connectivity index is 0.000000133. The SMILES string of the molecule is C[C@]12C[C@H](N3CCCC3)[C@@H](O)CC1CCC1C2CC[C@@]2(C)C1C[C@H](N1CCCC1)[C@@H]2O.C[C@]12C[C@H]3O[C@H]3CC1CCC1C2CC[C@]2(C)C(=O)[C@H](N3CCCC3)CC12. The molecule has 57 heavy (non-hydrogen) atoms. The van der Waals surface area contributed by atoms with Crippen LogP contribution in [0.3, 0.4) is 0 Å². The number of carbonyl (C=O) groups is 1. The summed E-state index contributed by atoms with van der Waals surface area (Å²) in [5, 5.41) is 22.6. The summed E-state index contributed by atoms with van der Waals surface area (Å²) in [7, 11) is 0. The molecule has 8 aliphatic carbocycles. The zero-order valence-corrected chi connectivity index (χ0v) is 36.6. The van der Waals surface area contributed by atoms with E-state index in [1.807, 2.05) is 0 Å². The van der Waals surface area contributed by atoms with Gasteiger partial charge in [0.05, 0.1) is 30.5 Å². The Labute approximate surface area is 346 Å². The smallest absolute Gasteiger partial charge is 0.156 e. The van der Waals surface area contributed by atoms with E-state index >= 15 is 0 Å². The van der Waals surface area contributed by atoms with Crippen LogP contribution < -0.4 is 0 Å². The second-order valence-electron chi connectivity index (χ2n) is 24.1. The fourth-order valence-corrected chi connectivity index (χ4v) is 18.8. The predicted molar refractivity (Wildman–Crippen MR) is 224 cm³/mol. The van der Waals surface area contributed by atoms with E-state index in [2.05, 4.69) is 42.4 Å². The first-order chi connectivity index (χ1) is 27.4. The summed E-state index contributed by atoms with van der Waals surface area (Å²) in [6, 6.07) is 1.05. The lowest BCUT2D eigenvalue weighted by Crippen LogP contribution is -2.59. The van der Waals surface area contributed by atoms with E-state index in [0.29, 0.717) is 58.7 Å². The van der Waals surface area contributed by atoms with E-state index in [9.17, 15) is 15.0 Å². The lowest BCUT2D eigenvalue weighted by atomic mass is 9.44. The Bertz CT molecular complexity index is 1520. The highest BCUT2D eigenvalue weighted by Crippen LogP contribution is 2.69. The monoisotopic (exact) mass is 788 g/mol. The molecule has 7 nitrogen and oxygen atoms in total. The van der Waals surface area contributed by atoms with Gasteiger partial charge in [0.15, 0.2) is 5.78 Å². The number of epoxide rings is 1. The number of hydrogen-bond acceptors (Lipinski definition) is 7. The number of likely N-dealkylation sites (tertiary alicyclic amines) is 3. The average Bonchev–Trinajstić information content (AvgIpc) is 3.86. The van der Waals surface area contributed by atoms with Gasteiger partial charge in [-0.1, -0.05) is 27.7 Å². The highest BCUT2D eigenvalue weighted by molar-refractivity contribution is 5.92. The van der Waals surface area contributed by atoms with E-state index in [1.54, 1.807) is 0 Å². The second kappa shape index (κ2) is 14.2. The molecule has 0 aromatic heterocycles. The van der Waals surface area contributed by atoms with Crippen molar-refractivity contribution in [1.29, 1.82) is 0 Å². The number of aliphatic hydroxyl groups is 2. The van der Waals surface area contributed by atoms with Gasteiger partial charge in [-0.2, -0.15) is 0 Å². The summed E-state index contributed by atoms with van der Waals surface area (Å²) in [5.41, 5.74) is 0.967. The Morgan fingerprint density at radius 3 is 1.77 bits per heavy atom. The van der Waals surface area contributed by atoms with E-state index in [1.165, 1.54) is 142 Å². The van der Waals surface area contributed by atoms with Crippen molar-refractivity contribution in [1.82, 2.24) is 14.7 Å². The molecular formula is C50H81N3O4. The van der Waals surface area contributed by atoms with Crippen LogP contribution in [0.2, 0.25) is 0 Å². The van der Waals surface area contributed by atoms with Gasteiger partial charge in [0, 0.05) is 17.5 Å². The molecule has 0 aromatic rings. The zero-order valence-electron chi connectivity index (χ0n) is 36.6. The topological polar surface area (TPSA) is 79.8 Å². The summed E-state index contributed by atoms with van der Waals surface area (Å²) in [5.74, 6) is 6.76. The van der Waals surface area contributed by atoms with E-state index in [0.717, 1.165) is 55.5 Å². The quantitative estimate of drug-likeness (QED) is 0.281. The molecule has 12 aliphatic rings. The fraction of sp³-hybridized carbons (Fsp3) is 0.980. The Kier molecular flexibility index (Phi) is 9.81. The highest BCUT2D eigenvalue weighted by atomic mass is 16.6. The molecule has 4 aliphatic heterocycles. The summed E-state index contributed by atoms with van der Waals surface area (Å²) in [6.07, 6.45) is 26.4. The molecule has 8 saturated carbocycles. The third-order valence-electron chi connectivity index (χ3n) is 22.1. The van der Waals surface area contributed by atoms with Crippen LogP contribution in [0.15, 0.2) is 0 Å². The first-order valence-electron chi connectivity index (χ1n) is 25.2. The van der Waals surface area contributed by atoms with Gasteiger partial charge in [-0.15, -0.1) is 0 Å². The minimum atomic E-state index is -0.132. The lowest BCUT2D eigenvalue weighted by molar-refractivity contribution is -0.152. The van der Waals surface area contributed by atoms with Crippen LogP contribution in [0.5, 0.6) is 0 Å². The fourth-order valence-electron chi connectivity index (χ4n) is 18.8. The zero-order chi connectivity index (χ0) is 39.1. The number of carbonyl (C=O) groups excluding carboxylic acids is 1. The Morgan fingerprint density at radius 1 is 0.544 bits per heavy atom. The molecule has 12 rings (SSSR count). The number of aliphatic hydroxyl groups excluding tert-OH is 2. The molecule has 320 valence electrons.